The molecule has 2 aliphatic rings. The number of rotatable bonds is 6. The molecule has 2 amide bonds. The van der Waals surface area contributed by atoms with Crippen LogP contribution in [0.25, 0.3) is 10.9 Å². The highest BCUT2D eigenvalue weighted by Crippen LogP contribution is 2.38. The van der Waals surface area contributed by atoms with Crippen LogP contribution in [0.3, 0.4) is 0 Å². The van der Waals surface area contributed by atoms with Gasteiger partial charge in [0, 0.05) is 37.3 Å². The van der Waals surface area contributed by atoms with Gasteiger partial charge in [0.1, 0.15) is 23.9 Å². The number of aromatic nitrogens is 3. The van der Waals surface area contributed by atoms with E-state index in [0.29, 0.717) is 49.7 Å². The molecule has 0 radical (unpaired) electrons. The number of urea groups is 1. The largest absolute Gasteiger partial charge is 0.493 e. The molecule has 0 atom stereocenters. The number of piperidine rings is 1. The average Bonchev–Trinajstić information content (AvgIpc) is 3.01. The third kappa shape index (κ3) is 4.83. The number of carbonyl (C=O) groups is 1. The first-order valence-electron chi connectivity index (χ1n) is 13.3. The van der Waals surface area contributed by atoms with Gasteiger partial charge < -0.3 is 24.4 Å². The van der Waals surface area contributed by atoms with Gasteiger partial charge in [0.2, 0.25) is 0 Å². The fraction of sp³-hybridized carbons (Fsp3) is 0.300. The quantitative estimate of drug-likeness (QED) is 0.378. The molecule has 1 fully saturated rings. The number of benzene rings is 2. The average molecular weight is 552 g/mol. The van der Waals surface area contributed by atoms with Crippen LogP contribution in [-0.4, -0.2) is 70.4 Å². The van der Waals surface area contributed by atoms with E-state index in [2.05, 4.69) is 19.9 Å². The number of β-amino-alcohol motifs (C(OH)–C–C–N with tert-alkyl or cyclic N) is 1. The summed E-state index contributed by atoms with van der Waals surface area (Å²) in [5.41, 5.74) is 2.16. The Morgan fingerprint density at radius 3 is 2.54 bits per heavy atom. The number of ether oxygens (including phenoxy) is 2. The standard InChI is InChI=1S/C30H29N7O4/c1-40-26-14-23-24(15-27(26)41-2)33-19-34-28(23)35-11-8-30(39,9-12-35)18-36-17-20-5-3-4-6-25(20)37(29(36)38)22-7-10-32-21(13-22)16-31/h3-7,10,13-15,19,39H,8-9,11-12,17-18H2,1-2H3. The van der Waals surface area contributed by atoms with E-state index in [1.54, 1.807) is 36.2 Å². The van der Waals surface area contributed by atoms with E-state index in [9.17, 15) is 15.2 Å². The zero-order valence-corrected chi connectivity index (χ0v) is 22.8. The van der Waals surface area contributed by atoms with Crippen molar-refractivity contribution in [1.82, 2.24) is 19.9 Å². The predicted molar refractivity (Wildman–Crippen MR) is 152 cm³/mol. The molecule has 1 N–H and O–H groups in total. The molecule has 1 saturated heterocycles. The Kier molecular flexibility index (Phi) is 6.77. The maximum Gasteiger partial charge on any atom is 0.329 e. The van der Waals surface area contributed by atoms with Crippen LogP contribution in [-0.2, 0) is 6.54 Å². The lowest BCUT2D eigenvalue weighted by molar-refractivity contribution is -0.00855. The minimum Gasteiger partial charge on any atom is -0.493 e. The first kappa shape index (κ1) is 26.3. The van der Waals surface area contributed by atoms with Gasteiger partial charge in [0.25, 0.3) is 0 Å². The summed E-state index contributed by atoms with van der Waals surface area (Å²) in [5.74, 6) is 1.95. The number of hydrogen-bond donors (Lipinski definition) is 1. The number of anilines is 3. The predicted octanol–water partition coefficient (Wildman–Crippen LogP) is 4.02. The monoisotopic (exact) mass is 551 g/mol. The molecule has 0 saturated carbocycles. The summed E-state index contributed by atoms with van der Waals surface area (Å²) < 4.78 is 10.9. The maximum atomic E-state index is 13.8. The molecule has 2 aliphatic heterocycles. The van der Waals surface area contributed by atoms with Gasteiger partial charge in [-0.05, 0) is 42.7 Å². The third-order valence-corrected chi connectivity index (χ3v) is 7.77. The Morgan fingerprint density at radius 1 is 1.02 bits per heavy atom. The molecule has 11 nitrogen and oxygen atoms in total. The summed E-state index contributed by atoms with van der Waals surface area (Å²) in [6.07, 6.45) is 3.95. The van der Waals surface area contributed by atoms with Gasteiger partial charge in [0.15, 0.2) is 11.5 Å². The minimum absolute atomic E-state index is 0.177. The molecular formula is C30H29N7O4. The lowest BCUT2D eigenvalue weighted by Crippen LogP contribution is -2.55. The summed E-state index contributed by atoms with van der Waals surface area (Å²) >= 11 is 0. The van der Waals surface area contributed by atoms with E-state index in [-0.39, 0.29) is 18.3 Å². The highest BCUT2D eigenvalue weighted by molar-refractivity contribution is 6.02. The fourth-order valence-electron chi connectivity index (χ4n) is 5.64. The molecule has 0 spiro atoms. The molecule has 208 valence electrons. The second kappa shape index (κ2) is 10.6. The van der Waals surface area contributed by atoms with E-state index in [1.165, 1.54) is 12.5 Å². The number of aliphatic hydroxyl groups is 1. The van der Waals surface area contributed by atoms with Crippen molar-refractivity contribution in [3.8, 4) is 17.6 Å². The maximum absolute atomic E-state index is 13.8. The zero-order valence-electron chi connectivity index (χ0n) is 22.8. The number of pyridine rings is 1. The Balaban J connectivity index is 1.23. The van der Waals surface area contributed by atoms with Gasteiger partial charge in [-0.2, -0.15) is 5.26 Å². The number of amides is 2. The van der Waals surface area contributed by atoms with Crippen LogP contribution in [0.1, 0.15) is 24.1 Å². The molecule has 2 aromatic carbocycles. The highest BCUT2D eigenvalue weighted by Gasteiger charge is 2.40. The van der Waals surface area contributed by atoms with Crippen LogP contribution in [0.5, 0.6) is 11.5 Å². The van der Waals surface area contributed by atoms with Gasteiger partial charge in [-0.3, -0.25) is 4.90 Å². The Bertz CT molecular complexity index is 1660. The molecule has 4 heterocycles. The van der Waals surface area contributed by atoms with Gasteiger partial charge in [-0.25, -0.2) is 19.7 Å². The lowest BCUT2D eigenvalue weighted by atomic mass is 9.90. The Morgan fingerprint density at radius 2 is 1.78 bits per heavy atom. The lowest BCUT2D eigenvalue weighted by Gasteiger charge is -2.44. The number of carbonyl (C=O) groups excluding carboxylic acids is 1. The molecule has 4 aromatic rings. The van der Waals surface area contributed by atoms with Crippen molar-refractivity contribution in [2.45, 2.75) is 25.0 Å². The Labute approximate surface area is 237 Å². The van der Waals surface area contributed by atoms with E-state index >= 15 is 0 Å². The van der Waals surface area contributed by atoms with Crippen LogP contribution in [0, 0.1) is 11.3 Å². The first-order chi connectivity index (χ1) is 19.9. The number of nitriles is 1. The fourth-order valence-corrected chi connectivity index (χ4v) is 5.64. The van der Waals surface area contributed by atoms with Crippen LogP contribution < -0.4 is 19.3 Å². The summed E-state index contributed by atoms with van der Waals surface area (Å²) in [4.78, 5) is 32.2. The normalized spacial score (nSPS) is 16.3. The van der Waals surface area contributed by atoms with E-state index in [4.69, 9.17) is 9.47 Å². The van der Waals surface area contributed by atoms with Crippen LogP contribution >= 0.6 is 0 Å². The number of para-hydroxylation sites is 1. The van der Waals surface area contributed by atoms with E-state index < -0.39 is 5.60 Å². The zero-order chi connectivity index (χ0) is 28.6. The smallest absolute Gasteiger partial charge is 0.329 e. The molecule has 0 unspecified atom stereocenters. The summed E-state index contributed by atoms with van der Waals surface area (Å²) in [5, 5.41) is 21.9. The molecule has 0 aliphatic carbocycles. The van der Waals surface area contributed by atoms with Crippen molar-refractivity contribution in [3.05, 3.63) is 72.3 Å². The van der Waals surface area contributed by atoms with Gasteiger partial charge in [-0.15, -0.1) is 0 Å². The van der Waals surface area contributed by atoms with Crippen molar-refractivity contribution in [1.29, 1.82) is 5.26 Å². The van der Waals surface area contributed by atoms with E-state index in [0.717, 1.165) is 28.0 Å². The summed E-state index contributed by atoms with van der Waals surface area (Å²) in [7, 11) is 3.18. The summed E-state index contributed by atoms with van der Waals surface area (Å²) in [6, 6.07) is 16.5. The van der Waals surface area contributed by atoms with Crippen molar-refractivity contribution in [3.63, 3.8) is 0 Å². The van der Waals surface area contributed by atoms with Crippen molar-refractivity contribution < 1.29 is 19.4 Å². The van der Waals surface area contributed by atoms with Crippen LogP contribution in [0.4, 0.5) is 22.0 Å². The number of hydrogen-bond acceptors (Lipinski definition) is 9. The second-order valence-electron chi connectivity index (χ2n) is 10.2. The molecule has 11 heteroatoms. The number of nitrogens with zero attached hydrogens (tertiary/aromatic N) is 7. The Hall–Kier alpha value is -4.95. The number of methoxy groups -OCH3 is 2. The molecule has 0 bridgehead atoms. The SMILES string of the molecule is COc1cc2ncnc(N3CCC(O)(CN4Cc5ccccc5N(c5ccnc(C#N)c5)C4=O)CC3)c2cc1OC. The van der Waals surface area contributed by atoms with Gasteiger partial charge in [-0.1, -0.05) is 18.2 Å². The molecule has 6 rings (SSSR count). The third-order valence-electron chi connectivity index (χ3n) is 7.77. The molecule has 2 aromatic heterocycles. The number of fused-ring (bicyclic) bond motifs is 2. The van der Waals surface area contributed by atoms with Gasteiger partial charge in [0.05, 0.1) is 43.3 Å². The molecular weight excluding hydrogens is 522 g/mol. The van der Waals surface area contributed by atoms with E-state index in [1.807, 2.05) is 42.5 Å². The summed E-state index contributed by atoms with van der Waals surface area (Å²) in [6.45, 7) is 1.66. The van der Waals surface area contributed by atoms with Crippen molar-refractivity contribution >= 4 is 34.1 Å². The minimum atomic E-state index is -1.08. The second-order valence-corrected chi connectivity index (χ2v) is 10.2. The van der Waals surface area contributed by atoms with Gasteiger partial charge >= 0.3 is 6.03 Å². The first-order valence-corrected chi connectivity index (χ1v) is 13.3. The van der Waals surface area contributed by atoms with Crippen LogP contribution in [0.15, 0.2) is 61.1 Å². The van der Waals surface area contributed by atoms with Crippen molar-refractivity contribution in [2.24, 2.45) is 0 Å². The molecule has 41 heavy (non-hydrogen) atoms. The topological polar surface area (TPSA) is 128 Å². The van der Waals surface area contributed by atoms with Crippen molar-refractivity contribution in [2.75, 3.05) is 43.7 Å². The highest BCUT2D eigenvalue weighted by atomic mass is 16.5. The van der Waals surface area contributed by atoms with Crippen LogP contribution in [0.2, 0.25) is 0 Å².